The number of allylic oxidation sites excluding steroid dienone is 5. The molecule has 0 aliphatic carbocycles. The fraction of sp³-hybridized carbons (Fsp3) is 0.480. The summed E-state index contributed by atoms with van der Waals surface area (Å²) in [6.07, 6.45) is 11.0. The van der Waals surface area contributed by atoms with Crippen molar-refractivity contribution in [1.82, 2.24) is 0 Å². The monoisotopic (exact) mass is 398 g/mol. The van der Waals surface area contributed by atoms with E-state index in [2.05, 4.69) is 45.9 Å². The highest BCUT2D eigenvalue weighted by atomic mass is 16.7. The molecule has 4 nitrogen and oxygen atoms in total. The Bertz CT molecular complexity index is 808. The Balaban J connectivity index is 1.81. The van der Waals surface area contributed by atoms with E-state index in [4.69, 9.17) is 14.2 Å². The third kappa shape index (κ3) is 7.80. The van der Waals surface area contributed by atoms with E-state index in [9.17, 15) is 4.79 Å². The van der Waals surface area contributed by atoms with Gasteiger partial charge in [-0.15, -0.1) is 0 Å². The van der Waals surface area contributed by atoms with Crippen LogP contribution in [-0.2, 0) is 4.74 Å². The Morgan fingerprint density at radius 1 is 0.966 bits per heavy atom. The van der Waals surface area contributed by atoms with Crippen LogP contribution < -0.4 is 9.47 Å². The van der Waals surface area contributed by atoms with Crippen molar-refractivity contribution >= 4 is 5.97 Å². The number of ether oxygens (including phenoxy) is 3. The Kier molecular flexibility index (Phi) is 8.12. The van der Waals surface area contributed by atoms with E-state index < -0.39 is 5.79 Å². The van der Waals surface area contributed by atoms with Crippen LogP contribution >= 0.6 is 0 Å². The molecule has 158 valence electrons. The van der Waals surface area contributed by atoms with Gasteiger partial charge in [0.2, 0.25) is 5.79 Å². The molecule has 0 atom stereocenters. The van der Waals surface area contributed by atoms with Crippen LogP contribution in [0.1, 0.15) is 77.6 Å². The molecule has 0 saturated heterocycles. The SMILES string of the molecule is CC(C)=CCC/C(C)=C/CC/C(C)=C/COc1ccc2c(c1)OC(C)(C)OC2=O. The molecule has 0 spiro atoms. The molecule has 0 N–H and O–H groups in total. The van der Waals surface area contributed by atoms with Gasteiger partial charge in [0, 0.05) is 19.9 Å². The van der Waals surface area contributed by atoms with E-state index in [1.165, 1.54) is 16.7 Å². The molecule has 0 fully saturated rings. The van der Waals surface area contributed by atoms with Crippen molar-refractivity contribution in [2.24, 2.45) is 0 Å². The van der Waals surface area contributed by atoms with Gasteiger partial charge in [0.05, 0.1) is 0 Å². The largest absolute Gasteiger partial charge is 0.489 e. The average molecular weight is 399 g/mol. The molecule has 1 aliphatic heterocycles. The Morgan fingerprint density at radius 2 is 1.62 bits per heavy atom. The zero-order chi connectivity index (χ0) is 21.4. The topological polar surface area (TPSA) is 44.8 Å². The molecular formula is C25H34O4. The van der Waals surface area contributed by atoms with Gasteiger partial charge in [-0.3, -0.25) is 0 Å². The van der Waals surface area contributed by atoms with Crippen molar-refractivity contribution in [2.75, 3.05) is 6.61 Å². The predicted octanol–water partition coefficient (Wildman–Crippen LogP) is 6.77. The van der Waals surface area contributed by atoms with Gasteiger partial charge >= 0.3 is 5.97 Å². The summed E-state index contributed by atoms with van der Waals surface area (Å²) in [7, 11) is 0. The van der Waals surface area contributed by atoms with Crippen LogP contribution in [-0.4, -0.2) is 18.4 Å². The van der Waals surface area contributed by atoms with Crippen LogP contribution in [0.15, 0.2) is 53.1 Å². The predicted molar refractivity (Wildman–Crippen MR) is 117 cm³/mol. The number of hydrogen-bond acceptors (Lipinski definition) is 4. The number of hydrogen-bond donors (Lipinski definition) is 0. The summed E-state index contributed by atoms with van der Waals surface area (Å²) in [6, 6.07) is 5.20. The summed E-state index contributed by atoms with van der Waals surface area (Å²) in [5.74, 6) is -0.162. The number of carbonyl (C=O) groups is 1. The van der Waals surface area contributed by atoms with Crippen molar-refractivity contribution in [3.05, 3.63) is 58.7 Å². The summed E-state index contributed by atoms with van der Waals surface area (Å²) in [5, 5.41) is 0. The number of benzene rings is 1. The number of rotatable bonds is 9. The Hall–Kier alpha value is -2.49. The molecule has 0 bridgehead atoms. The summed E-state index contributed by atoms with van der Waals surface area (Å²) in [6.45, 7) is 12.5. The number of carbonyl (C=O) groups excluding carboxylic acids is 1. The molecule has 1 aromatic rings. The fourth-order valence-corrected chi connectivity index (χ4v) is 3.03. The number of cyclic esters (lactones) is 1. The van der Waals surface area contributed by atoms with Crippen LogP contribution in [0, 0.1) is 0 Å². The first kappa shape index (κ1) is 22.8. The van der Waals surface area contributed by atoms with Gasteiger partial charge in [0.25, 0.3) is 0 Å². The van der Waals surface area contributed by atoms with Crippen LogP contribution in [0.4, 0.5) is 0 Å². The lowest BCUT2D eigenvalue weighted by Crippen LogP contribution is -2.38. The summed E-state index contributed by atoms with van der Waals surface area (Å²) in [4.78, 5) is 12.0. The minimum Gasteiger partial charge on any atom is -0.489 e. The summed E-state index contributed by atoms with van der Waals surface area (Å²) in [5.41, 5.74) is 4.56. The van der Waals surface area contributed by atoms with Crippen LogP contribution in [0.5, 0.6) is 11.5 Å². The first-order valence-electron chi connectivity index (χ1n) is 10.3. The number of fused-ring (bicyclic) bond motifs is 1. The van der Waals surface area contributed by atoms with Crippen LogP contribution in [0.25, 0.3) is 0 Å². The van der Waals surface area contributed by atoms with Crippen molar-refractivity contribution in [1.29, 1.82) is 0 Å². The lowest BCUT2D eigenvalue weighted by Gasteiger charge is -2.31. The standard InChI is InChI=1S/C25H34O4/c1-18(2)9-7-10-19(3)11-8-12-20(4)15-16-27-21-13-14-22-23(17-21)28-25(5,6)29-24(22)26/h9,11,13-15,17H,7-8,10,12,16H2,1-6H3/b19-11+,20-15+. The molecule has 29 heavy (non-hydrogen) atoms. The third-order valence-corrected chi connectivity index (χ3v) is 4.67. The van der Waals surface area contributed by atoms with Gasteiger partial charge in [-0.2, -0.15) is 0 Å². The molecule has 0 aromatic heterocycles. The van der Waals surface area contributed by atoms with Crippen molar-refractivity contribution in [3.8, 4) is 11.5 Å². The summed E-state index contributed by atoms with van der Waals surface area (Å²) >= 11 is 0. The van der Waals surface area contributed by atoms with Crippen molar-refractivity contribution < 1.29 is 19.0 Å². The van der Waals surface area contributed by atoms with Crippen LogP contribution in [0.3, 0.4) is 0 Å². The molecule has 1 aromatic carbocycles. The van der Waals surface area contributed by atoms with Crippen LogP contribution in [0.2, 0.25) is 0 Å². The van der Waals surface area contributed by atoms with E-state index in [1.54, 1.807) is 32.0 Å². The molecule has 0 unspecified atom stereocenters. The second-order valence-corrected chi connectivity index (χ2v) is 8.32. The minimum absolute atomic E-state index is 0.372. The fourth-order valence-electron chi connectivity index (χ4n) is 3.03. The molecule has 0 radical (unpaired) electrons. The lowest BCUT2D eigenvalue weighted by atomic mass is 10.1. The number of esters is 1. The van der Waals surface area contributed by atoms with Crippen molar-refractivity contribution in [3.63, 3.8) is 0 Å². The molecule has 0 saturated carbocycles. The molecular weight excluding hydrogens is 364 g/mol. The maximum Gasteiger partial charge on any atom is 0.345 e. The van der Waals surface area contributed by atoms with Gasteiger partial charge in [-0.05, 0) is 71.6 Å². The van der Waals surface area contributed by atoms with E-state index in [-0.39, 0.29) is 5.97 Å². The average Bonchev–Trinajstić information content (AvgIpc) is 2.60. The summed E-state index contributed by atoms with van der Waals surface area (Å²) < 4.78 is 16.8. The highest BCUT2D eigenvalue weighted by Crippen LogP contribution is 2.34. The minimum atomic E-state index is -0.962. The highest BCUT2D eigenvalue weighted by Gasteiger charge is 2.33. The second-order valence-electron chi connectivity index (χ2n) is 8.32. The molecule has 1 heterocycles. The van der Waals surface area contributed by atoms with Gasteiger partial charge in [0.1, 0.15) is 23.7 Å². The zero-order valence-corrected chi connectivity index (χ0v) is 18.6. The van der Waals surface area contributed by atoms with E-state index in [0.717, 1.165) is 25.7 Å². The Labute approximate surface area is 175 Å². The van der Waals surface area contributed by atoms with Gasteiger partial charge < -0.3 is 14.2 Å². The maximum atomic E-state index is 12.0. The molecule has 4 heteroatoms. The lowest BCUT2D eigenvalue weighted by molar-refractivity contribution is -0.127. The van der Waals surface area contributed by atoms with Crippen molar-refractivity contribution in [2.45, 2.75) is 73.0 Å². The highest BCUT2D eigenvalue weighted by molar-refractivity contribution is 5.93. The van der Waals surface area contributed by atoms with Gasteiger partial charge in [0.15, 0.2) is 0 Å². The quantitative estimate of drug-likeness (QED) is 0.340. The van der Waals surface area contributed by atoms with E-state index in [1.807, 2.05) is 0 Å². The third-order valence-electron chi connectivity index (χ3n) is 4.67. The van der Waals surface area contributed by atoms with E-state index >= 15 is 0 Å². The Morgan fingerprint density at radius 3 is 2.31 bits per heavy atom. The first-order chi connectivity index (χ1) is 13.7. The maximum absolute atomic E-state index is 12.0. The van der Waals surface area contributed by atoms with E-state index in [0.29, 0.717) is 23.7 Å². The molecule has 2 rings (SSSR count). The molecule has 1 aliphatic rings. The van der Waals surface area contributed by atoms with Gasteiger partial charge in [-0.25, -0.2) is 4.79 Å². The first-order valence-corrected chi connectivity index (χ1v) is 10.3. The normalized spacial score (nSPS) is 15.9. The second kappa shape index (κ2) is 10.3. The molecule has 0 amide bonds. The zero-order valence-electron chi connectivity index (χ0n) is 18.6. The van der Waals surface area contributed by atoms with Gasteiger partial charge in [-0.1, -0.05) is 28.9 Å². The smallest absolute Gasteiger partial charge is 0.345 e.